The molecule has 0 bridgehead atoms. The molecular formula is C17H34N4+2. The third-order valence-corrected chi connectivity index (χ3v) is 4.20. The van der Waals surface area contributed by atoms with Crippen LogP contribution >= 0.6 is 0 Å². The van der Waals surface area contributed by atoms with Gasteiger partial charge in [-0.1, -0.05) is 29.7 Å². The first kappa shape index (κ1) is 19.4. The van der Waals surface area contributed by atoms with Crippen LogP contribution in [0.15, 0.2) is 24.6 Å². The van der Waals surface area contributed by atoms with Crippen molar-refractivity contribution in [2.24, 2.45) is 0 Å². The first-order valence-corrected chi connectivity index (χ1v) is 6.53. The van der Waals surface area contributed by atoms with Crippen LogP contribution < -0.4 is 0 Å². The third-order valence-electron chi connectivity index (χ3n) is 4.20. The molecule has 2 saturated heterocycles. The molecule has 0 atom stereocenters. The van der Waals surface area contributed by atoms with E-state index >= 15 is 0 Å². The van der Waals surface area contributed by atoms with Gasteiger partial charge in [0.05, 0.1) is 6.42 Å². The second kappa shape index (κ2) is 6.92. The summed E-state index contributed by atoms with van der Waals surface area (Å²) in [6.07, 6.45) is 15.8. The second-order valence-corrected chi connectivity index (χ2v) is 5.06. The number of rotatable bonds is 0. The van der Waals surface area contributed by atoms with Gasteiger partial charge in [0.2, 0.25) is 0 Å². The van der Waals surface area contributed by atoms with E-state index in [2.05, 4.69) is 55.9 Å². The van der Waals surface area contributed by atoms with Crippen LogP contribution in [0.1, 0.15) is 42.5 Å². The largest absolute Gasteiger partial charge is 0.532 e. The molecule has 0 amide bonds. The maximum Gasteiger partial charge on any atom is 0.532 e. The van der Waals surface area contributed by atoms with Gasteiger partial charge in [-0.2, -0.15) is 0 Å². The Bertz CT molecular complexity index is 431. The van der Waals surface area contributed by atoms with Gasteiger partial charge in [-0.3, -0.25) is 0 Å². The molecule has 0 saturated carbocycles. The summed E-state index contributed by atoms with van der Waals surface area (Å²) < 4.78 is 4.96. The van der Waals surface area contributed by atoms with Crippen LogP contribution in [-0.4, -0.2) is 63.5 Å². The van der Waals surface area contributed by atoms with Crippen molar-refractivity contribution in [1.82, 2.24) is 9.80 Å². The minimum Gasteiger partial charge on any atom is -0.238 e. The fraction of sp³-hybridized carbons (Fsp3) is 0.647. The van der Waals surface area contributed by atoms with Gasteiger partial charge in [0.15, 0.2) is 25.5 Å². The maximum absolute atomic E-state index is 2.48. The van der Waals surface area contributed by atoms with Crippen LogP contribution in [-0.2, 0) is 0 Å². The predicted octanol–water partition coefficient (Wildman–Crippen LogP) is 2.77. The minimum atomic E-state index is -0.0694. The van der Waals surface area contributed by atoms with E-state index in [1.165, 1.54) is 12.8 Å². The van der Waals surface area contributed by atoms with Gasteiger partial charge < -0.3 is 0 Å². The normalized spacial score (nSPS) is 22.9. The summed E-state index contributed by atoms with van der Waals surface area (Å²) in [7, 11) is 0. The molecule has 0 aromatic rings. The molecule has 0 radical (unpaired) electrons. The molecule has 4 heteroatoms. The highest BCUT2D eigenvalue weighted by Crippen LogP contribution is 2.34. The summed E-state index contributed by atoms with van der Waals surface area (Å²) in [5, 5.41) is 0. The lowest BCUT2D eigenvalue weighted by molar-refractivity contribution is -0.895. The molecule has 4 nitrogen and oxygen atoms in total. The van der Waals surface area contributed by atoms with E-state index in [4.69, 9.17) is 0 Å². The molecule has 0 aromatic heterocycles. The number of hydrogen-bond donors (Lipinski definition) is 0. The van der Waals surface area contributed by atoms with Gasteiger partial charge in [-0.15, -0.1) is 9.15 Å². The van der Waals surface area contributed by atoms with E-state index in [0.29, 0.717) is 0 Å². The van der Waals surface area contributed by atoms with E-state index in [1.54, 1.807) is 0 Å². The van der Waals surface area contributed by atoms with Gasteiger partial charge in [0.25, 0.3) is 0 Å². The van der Waals surface area contributed by atoms with Gasteiger partial charge in [-0.25, -0.2) is 9.80 Å². The lowest BCUT2D eigenvalue weighted by atomic mass is 10.1. The van der Waals surface area contributed by atoms with Crippen molar-refractivity contribution in [3.8, 4) is 0 Å². The van der Waals surface area contributed by atoms with Crippen molar-refractivity contribution in [1.29, 1.82) is 0 Å². The Hall–Kier alpha value is -1.58. The highest BCUT2D eigenvalue weighted by molar-refractivity contribution is 5.68. The van der Waals surface area contributed by atoms with Crippen LogP contribution in [0, 0.1) is 0 Å². The number of hydrogen-bond acceptors (Lipinski definition) is 2. The van der Waals surface area contributed by atoms with Crippen LogP contribution in [0.25, 0.3) is 0 Å². The van der Waals surface area contributed by atoms with Crippen molar-refractivity contribution in [2.45, 2.75) is 48.5 Å². The quantitative estimate of drug-likeness (QED) is 0.637. The lowest BCUT2D eigenvalue weighted by Crippen LogP contribution is -2.76. The fourth-order valence-corrected chi connectivity index (χ4v) is 3.60. The molecule has 4 heterocycles. The topological polar surface area (TPSA) is 12.5 Å². The lowest BCUT2D eigenvalue weighted by Gasteiger charge is -2.48. The molecule has 4 aliphatic heterocycles. The Morgan fingerprint density at radius 1 is 0.714 bits per heavy atom. The molecule has 21 heavy (non-hydrogen) atoms. The van der Waals surface area contributed by atoms with Gasteiger partial charge in [-0.05, 0) is 6.42 Å². The van der Waals surface area contributed by atoms with Gasteiger partial charge >= 0.3 is 5.91 Å². The summed E-state index contributed by atoms with van der Waals surface area (Å²) in [5.41, 5.74) is 0. The first-order valence-electron chi connectivity index (χ1n) is 6.53. The molecule has 0 aliphatic carbocycles. The summed E-state index contributed by atoms with van der Waals surface area (Å²) in [6.45, 7) is 4.59. The predicted molar refractivity (Wildman–Crippen MR) is 93.0 cm³/mol. The highest BCUT2D eigenvalue weighted by Gasteiger charge is 2.65. The highest BCUT2D eigenvalue weighted by atomic mass is 15.7. The summed E-state index contributed by atoms with van der Waals surface area (Å²) in [5.74, 6) is -0.0694. The molecule has 4 aliphatic rings. The van der Waals surface area contributed by atoms with E-state index in [0.717, 1.165) is 26.2 Å². The van der Waals surface area contributed by atoms with Crippen LogP contribution in [0.2, 0.25) is 0 Å². The Morgan fingerprint density at radius 2 is 1.19 bits per heavy atom. The molecule has 2 fully saturated rings. The summed E-state index contributed by atoms with van der Waals surface area (Å²) in [4.78, 5) is 4.96. The van der Waals surface area contributed by atoms with Gasteiger partial charge in [0, 0.05) is 37.6 Å². The zero-order valence-corrected chi connectivity index (χ0v) is 10.00. The van der Waals surface area contributed by atoms with Crippen LogP contribution in [0.4, 0.5) is 0 Å². The summed E-state index contributed by atoms with van der Waals surface area (Å²) >= 11 is 0. The Morgan fingerprint density at radius 3 is 1.67 bits per heavy atom. The third kappa shape index (κ3) is 2.30. The zero-order valence-electron chi connectivity index (χ0n) is 10.00. The van der Waals surface area contributed by atoms with Crippen LogP contribution in [0.5, 0.6) is 0 Å². The molecule has 0 N–H and O–H groups in total. The fourth-order valence-electron chi connectivity index (χ4n) is 3.60. The zero-order chi connectivity index (χ0) is 11.3. The van der Waals surface area contributed by atoms with Crippen molar-refractivity contribution in [3.63, 3.8) is 0 Å². The van der Waals surface area contributed by atoms with E-state index in [1.807, 2.05) is 0 Å². The van der Waals surface area contributed by atoms with Crippen molar-refractivity contribution < 1.29 is 9.15 Å². The molecule has 0 unspecified atom stereocenters. The average molecular weight is 294 g/mol. The minimum absolute atomic E-state index is 0. The standard InChI is InChI=1S/C13H18N4.4CH4/c1-5-14-7-2-9-16-11-4-12-17-10-3-8-15(6-1)13(14,16)17;;;;/h1,4-6,11-12H,2-3,7-10H2;4*1H4/q+2;;;;. The first-order chi connectivity index (χ1) is 8.42. The smallest absolute Gasteiger partial charge is 0.238 e. The SMILES string of the molecule is C.C.C.C.C1=CN2CCCN3C=CC=[N+]4CCC[N+](=C1)C234. The number of allylic oxidation sites excluding steroid dienone is 2. The van der Waals surface area contributed by atoms with E-state index < -0.39 is 0 Å². The molecule has 0 aromatic carbocycles. The monoisotopic (exact) mass is 294 g/mol. The Kier molecular flexibility index (Phi) is 6.40. The van der Waals surface area contributed by atoms with Crippen molar-refractivity contribution >= 4 is 12.4 Å². The van der Waals surface area contributed by atoms with Crippen molar-refractivity contribution in [3.05, 3.63) is 24.6 Å². The van der Waals surface area contributed by atoms with E-state index in [9.17, 15) is 0 Å². The maximum atomic E-state index is 2.48. The average Bonchev–Trinajstić information content (AvgIpc) is 2.39. The molecule has 120 valence electrons. The Balaban J connectivity index is 0.000001000. The van der Waals surface area contributed by atoms with E-state index in [-0.39, 0.29) is 35.6 Å². The van der Waals surface area contributed by atoms with Crippen molar-refractivity contribution in [2.75, 3.05) is 26.2 Å². The molecule has 4 rings (SSSR count). The molecular weight excluding hydrogens is 260 g/mol. The van der Waals surface area contributed by atoms with Crippen LogP contribution in [0.3, 0.4) is 0 Å². The summed E-state index contributed by atoms with van der Waals surface area (Å²) in [6, 6.07) is 0. The van der Waals surface area contributed by atoms with Gasteiger partial charge in [0.1, 0.15) is 0 Å². The number of nitrogens with zero attached hydrogens (tertiary/aromatic N) is 4. The molecule has 1 spiro atoms. The Labute approximate surface area is 131 Å². The second-order valence-electron chi connectivity index (χ2n) is 5.06.